The minimum absolute atomic E-state index is 0.0614. The van der Waals surface area contributed by atoms with Gasteiger partial charge in [0, 0.05) is 19.3 Å². The zero-order chi connectivity index (χ0) is 12.3. The van der Waals surface area contributed by atoms with Crippen LogP contribution in [-0.4, -0.2) is 42.5 Å². The Morgan fingerprint density at radius 1 is 1.71 bits per heavy atom. The summed E-state index contributed by atoms with van der Waals surface area (Å²) in [5.41, 5.74) is 0.0614. The largest absolute Gasteiger partial charge is 0.352 e. The van der Waals surface area contributed by atoms with E-state index in [4.69, 9.17) is 0 Å². The predicted octanol–water partition coefficient (Wildman–Crippen LogP) is 0.902. The van der Waals surface area contributed by atoms with Crippen molar-refractivity contribution in [2.45, 2.75) is 6.42 Å². The Morgan fingerprint density at radius 2 is 2.53 bits per heavy atom. The predicted molar refractivity (Wildman–Crippen MR) is 62.1 cm³/mol. The van der Waals surface area contributed by atoms with Gasteiger partial charge < -0.3 is 10.2 Å². The minimum atomic E-state index is -0.575. The number of hydrogen-bond donors (Lipinski definition) is 1. The summed E-state index contributed by atoms with van der Waals surface area (Å²) in [6.07, 6.45) is 3.55. The van der Waals surface area contributed by atoms with Crippen LogP contribution >= 0.6 is 0 Å². The molecular formula is C12H16FN3O. The highest BCUT2D eigenvalue weighted by Crippen LogP contribution is 2.13. The molecule has 17 heavy (non-hydrogen) atoms. The first kappa shape index (κ1) is 12.0. The summed E-state index contributed by atoms with van der Waals surface area (Å²) < 4.78 is 13.3. The lowest BCUT2D eigenvalue weighted by atomic mass is 10.1. The lowest BCUT2D eigenvalue weighted by Crippen LogP contribution is -2.31. The van der Waals surface area contributed by atoms with E-state index in [9.17, 15) is 9.18 Å². The number of carbonyl (C=O) groups is 1. The molecule has 1 aromatic heterocycles. The molecule has 2 rings (SSSR count). The second-order valence-corrected chi connectivity index (χ2v) is 4.48. The van der Waals surface area contributed by atoms with E-state index in [-0.39, 0.29) is 11.5 Å². The van der Waals surface area contributed by atoms with E-state index in [1.165, 1.54) is 12.3 Å². The molecular weight excluding hydrogens is 221 g/mol. The van der Waals surface area contributed by atoms with Gasteiger partial charge in [0.25, 0.3) is 5.91 Å². The number of amides is 1. The number of aromatic nitrogens is 1. The molecule has 2 heterocycles. The molecule has 1 aliphatic heterocycles. The maximum Gasteiger partial charge on any atom is 0.254 e. The highest BCUT2D eigenvalue weighted by atomic mass is 19.1. The number of likely N-dealkylation sites (tertiary alicyclic amines) is 1. The molecule has 0 aromatic carbocycles. The third kappa shape index (κ3) is 3.00. The second-order valence-electron chi connectivity index (χ2n) is 4.48. The van der Waals surface area contributed by atoms with Gasteiger partial charge in [0.05, 0.1) is 11.8 Å². The molecule has 0 bridgehead atoms. The summed E-state index contributed by atoms with van der Waals surface area (Å²) >= 11 is 0. The van der Waals surface area contributed by atoms with E-state index in [0.717, 1.165) is 25.7 Å². The molecule has 1 fully saturated rings. The van der Waals surface area contributed by atoms with Crippen molar-refractivity contribution in [1.29, 1.82) is 0 Å². The molecule has 92 valence electrons. The van der Waals surface area contributed by atoms with Gasteiger partial charge in [0.15, 0.2) is 5.82 Å². The van der Waals surface area contributed by atoms with Gasteiger partial charge in [0.1, 0.15) is 0 Å². The number of rotatable bonds is 3. The van der Waals surface area contributed by atoms with Crippen molar-refractivity contribution in [3.05, 3.63) is 29.8 Å². The average molecular weight is 237 g/mol. The Hall–Kier alpha value is -1.49. The molecule has 1 amide bonds. The Balaban J connectivity index is 1.88. The van der Waals surface area contributed by atoms with Gasteiger partial charge in [-0.25, -0.2) is 4.39 Å². The molecule has 1 aliphatic rings. The lowest BCUT2D eigenvalue weighted by Gasteiger charge is -2.11. The van der Waals surface area contributed by atoms with Crippen LogP contribution in [0.5, 0.6) is 0 Å². The summed E-state index contributed by atoms with van der Waals surface area (Å²) in [7, 11) is 2.06. The first-order valence-corrected chi connectivity index (χ1v) is 5.73. The first-order chi connectivity index (χ1) is 8.16. The summed E-state index contributed by atoms with van der Waals surface area (Å²) in [5, 5.41) is 2.77. The van der Waals surface area contributed by atoms with Gasteiger partial charge in [0.2, 0.25) is 0 Å². The summed E-state index contributed by atoms with van der Waals surface area (Å²) in [5.74, 6) is -0.471. The maximum atomic E-state index is 13.3. The molecule has 0 saturated carbocycles. The summed E-state index contributed by atoms with van der Waals surface area (Å²) in [4.78, 5) is 17.6. The molecule has 1 saturated heterocycles. The minimum Gasteiger partial charge on any atom is -0.352 e. The molecule has 1 N–H and O–H groups in total. The van der Waals surface area contributed by atoms with Crippen molar-refractivity contribution < 1.29 is 9.18 Å². The van der Waals surface area contributed by atoms with Crippen LogP contribution in [0.3, 0.4) is 0 Å². The Kier molecular flexibility index (Phi) is 3.68. The van der Waals surface area contributed by atoms with Crippen LogP contribution in [0.15, 0.2) is 18.5 Å². The highest BCUT2D eigenvalue weighted by Gasteiger charge is 2.20. The van der Waals surface area contributed by atoms with Crippen molar-refractivity contribution in [1.82, 2.24) is 15.2 Å². The van der Waals surface area contributed by atoms with Crippen LogP contribution in [0.25, 0.3) is 0 Å². The SMILES string of the molecule is CN1CCC(CNC(=O)c2ccncc2F)C1. The van der Waals surface area contributed by atoms with Crippen molar-refractivity contribution >= 4 is 5.91 Å². The number of nitrogens with zero attached hydrogens (tertiary/aromatic N) is 2. The highest BCUT2D eigenvalue weighted by molar-refractivity contribution is 5.94. The normalized spacial score (nSPS) is 20.5. The standard InChI is InChI=1S/C12H16FN3O/c1-16-5-3-9(8-16)6-15-12(17)10-2-4-14-7-11(10)13/h2,4,7,9H,3,5-6,8H2,1H3,(H,15,17). The molecule has 5 heteroatoms. The van der Waals surface area contributed by atoms with Crippen molar-refractivity contribution in [3.63, 3.8) is 0 Å². The van der Waals surface area contributed by atoms with Crippen LogP contribution < -0.4 is 5.32 Å². The average Bonchev–Trinajstić information content (AvgIpc) is 2.73. The number of halogens is 1. The molecule has 0 spiro atoms. The first-order valence-electron chi connectivity index (χ1n) is 5.73. The fourth-order valence-electron chi connectivity index (χ4n) is 2.08. The molecule has 1 atom stereocenters. The Morgan fingerprint density at radius 3 is 3.18 bits per heavy atom. The van der Waals surface area contributed by atoms with Crippen LogP contribution in [0.2, 0.25) is 0 Å². The second kappa shape index (κ2) is 5.23. The third-order valence-corrected chi connectivity index (χ3v) is 3.06. The van der Waals surface area contributed by atoms with E-state index in [2.05, 4.69) is 22.2 Å². The van der Waals surface area contributed by atoms with Crippen molar-refractivity contribution in [3.8, 4) is 0 Å². The van der Waals surface area contributed by atoms with Gasteiger partial charge in [-0.1, -0.05) is 0 Å². The third-order valence-electron chi connectivity index (χ3n) is 3.06. The molecule has 0 aliphatic carbocycles. The fourth-order valence-corrected chi connectivity index (χ4v) is 2.08. The number of pyridine rings is 1. The van der Waals surface area contributed by atoms with Crippen LogP contribution in [0.1, 0.15) is 16.8 Å². The van der Waals surface area contributed by atoms with E-state index in [1.54, 1.807) is 0 Å². The van der Waals surface area contributed by atoms with Gasteiger partial charge in [-0.15, -0.1) is 0 Å². The number of hydrogen-bond acceptors (Lipinski definition) is 3. The van der Waals surface area contributed by atoms with Gasteiger partial charge in [-0.3, -0.25) is 9.78 Å². The van der Waals surface area contributed by atoms with E-state index < -0.39 is 5.82 Å². The zero-order valence-corrected chi connectivity index (χ0v) is 9.82. The van der Waals surface area contributed by atoms with Gasteiger partial charge in [-0.2, -0.15) is 0 Å². The van der Waals surface area contributed by atoms with Gasteiger partial charge >= 0.3 is 0 Å². The molecule has 0 radical (unpaired) electrons. The fraction of sp³-hybridized carbons (Fsp3) is 0.500. The van der Waals surface area contributed by atoms with Crippen LogP contribution in [0.4, 0.5) is 4.39 Å². The van der Waals surface area contributed by atoms with Crippen LogP contribution in [-0.2, 0) is 0 Å². The van der Waals surface area contributed by atoms with E-state index in [1.807, 2.05) is 0 Å². The Bertz CT molecular complexity index is 410. The van der Waals surface area contributed by atoms with Crippen molar-refractivity contribution in [2.75, 3.05) is 26.7 Å². The maximum absolute atomic E-state index is 13.3. The van der Waals surface area contributed by atoms with Gasteiger partial charge in [-0.05, 0) is 32.0 Å². The quantitative estimate of drug-likeness (QED) is 0.849. The summed E-state index contributed by atoms with van der Waals surface area (Å²) in [6.45, 7) is 2.65. The molecule has 1 aromatic rings. The zero-order valence-electron chi connectivity index (χ0n) is 9.82. The topological polar surface area (TPSA) is 45.2 Å². The molecule has 4 nitrogen and oxygen atoms in total. The van der Waals surface area contributed by atoms with E-state index >= 15 is 0 Å². The van der Waals surface area contributed by atoms with Crippen LogP contribution in [0, 0.1) is 11.7 Å². The summed E-state index contributed by atoms with van der Waals surface area (Å²) in [6, 6.07) is 1.39. The monoisotopic (exact) mass is 237 g/mol. The Labute approximate surface area is 99.8 Å². The van der Waals surface area contributed by atoms with E-state index in [0.29, 0.717) is 12.5 Å². The smallest absolute Gasteiger partial charge is 0.254 e. The number of carbonyl (C=O) groups excluding carboxylic acids is 1. The lowest BCUT2D eigenvalue weighted by molar-refractivity contribution is 0.0943. The van der Waals surface area contributed by atoms with Crippen molar-refractivity contribution in [2.24, 2.45) is 5.92 Å². The molecule has 1 unspecified atom stereocenters. The number of nitrogens with one attached hydrogen (secondary N) is 1.